The SMILES string of the molecule is CCCCCCOC1(CNCCC)CCC(C(C)C)CC1. The topological polar surface area (TPSA) is 21.3 Å². The van der Waals surface area contributed by atoms with E-state index >= 15 is 0 Å². The van der Waals surface area contributed by atoms with Crippen LogP contribution in [0.1, 0.15) is 85.5 Å². The van der Waals surface area contributed by atoms with Gasteiger partial charge in [0.15, 0.2) is 0 Å². The van der Waals surface area contributed by atoms with E-state index in [9.17, 15) is 0 Å². The molecule has 0 saturated heterocycles. The van der Waals surface area contributed by atoms with Crippen molar-refractivity contribution in [2.75, 3.05) is 19.7 Å². The maximum atomic E-state index is 6.43. The van der Waals surface area contributed by atoms with Gasteiger partial charge in [-0.25, -0.2) is 0 Å². The molecule has 0 heterocycles. The summed E-state index contributed by atoms with van der Waals surface area (Å²) in [4.78, 5) is 0. The van der Waals surface area contributed by atoms with Gasteiger partial charge < -0.3 is 10.1 Å². The minimum absolute atomic E-state index is 0.132. The van der Waals surface area contributed by atoms with Gasteiger partial charge in [-0.3, -0.25) is 0 Å². The average Bonchev–Trinajstić information content (AvgIpc) is 2.48. The lowest BCUT2D eigenvalue weighted by atomic mass is 9.74. The predicted octanol–water partition coefficient (Wildman–Crippen LogP) is 5.17. The smallest absolute Gasteiger partial charge is 0.0806 e. The van der Waals surface area contributed by atoms with Gasteiger partial charge >= 0.3 is 0 Å². The monoisotopic (exact) mass is 297 g/mol. The first-order valence-corrected chi connectivity index (χ1v) is 9.48. The van der Waals surface area contributed by atoms with Crippen molar-refractivity contribution < 1.29 is 4.74 Å². The van der Waals surface area contributed by atoms with Crippen LogP contribution < -0.4 is 5.32 Å². The molecule has 1 aliphatic rings. The van der Waals surface area contributed by atoms with Crippen LogP contribution in [-0.2, 0) is 4.74 Å². The Morgan fingerprint density at radius 1 is 1.05 bits per heavy atom. The molecule has 0 spiro atoms. The zero-order chi connectivity index (χ0) is 15.6. The first-order chi connectivity index (χ1) is 10.1. The van der Waals surface area contributed by atoms with Crippen LogP contribution in [0.15, 0.2) is 0 Å². The van der Waals surface area contributed by atoms with Crippen molar-refractivity contribution in [2.24, 2.45) is 11.8 Å². The van der Waals surface area contributed by atoms with Crippen LogP contribution in [0, 0.1) is 11.8 Å². The lowest BCUT2D eigenvalue weighted by Gasteiger charge is -2.41. The maximum Gasteiger partial charge on any atom is 0.0806 e. The van der Waals surface area contributed by atoms with E-state index in [-0.39, 0.29) is 5.60 Å². The highest BCUT2D eigenvalue weighted by Gasteiger charge is 2.36. The summed E-state index contributed by atoms with van der Waals surface area (Å²) in [6.07, 6.45) is 11.6. The lowest BCUT2D eigenvalue weighted by Crippen LogP contribution is -2.46. The Morgan fingerprint density at radius 2 is 1.76 bits per heavy atom. The van der Waals surface area contributed by atoms with E-state index in [1.807, 2.05) is 0 Å². The first-order valence-electron chi connectivity index (χ1n) is 9.48. The number of hydrogen-bond acceptors (Lipinski definition) is 2. The predicted molar refractivity (Wildman–Crippen MR) is 92.8 cm³/mol. The van der Waals surface area contributed by atoms with Gasteiger partial charge in [0.05, 0.1) is 5.60 Å². The van der Waals surface area contributed by atoms with E-state index in [0.29, 0.717) is 0 Å². The Balaban J connectivity index is 2.40. The van der Waals surface area contributed by atoms with Crippen LogP contribution in [-0.4, -0.2) is 25.3 Å². The molecule has 1 aliphatic carbocycles. The van der Waals surface area contributed by atoms with Gasteiger partial charge in [0, 0.05) is 13.2 Å². The molecular formula is C19H39NO. The fourth-order valence-corrected chi connectivity index (χ4v) is 3.52. The van der Waals surface area contributed by atoms with Crippen LogP contribution in [0.4, 0.5) is 0 Å². The molecule has 2 nitrogen and oxygen atoms in total. The molecule has 0 atom stereocenters. The van der Waals surface area contributed by atoms with Crippen LogP contribution in [0.5, 0.6) is 0 Å². The van der Waals surface area contributed by atoms with Crippen LogP contribution in [0.3, 0.4) is 0 Å². The second kappa shape index (κ2) is 10.6. The Morgan fingerprint density at radius 3 is 2.33 bits per heavy atom. The highest BCUT2D eigenvalue weighted by atomic mass is 16.5. The molecule has 2 heteroatoms. The van der Waals surface area contributed by atoms with Crippen molar-refractivity contribution in [1.82, 2.24) is 5.32 Å². The number of unbranched alkanes of at least 4 members (excludes halogenated alkanes) is 3. The fraction of sp³-hybridized carbons (Fsp3) is 1.00. The molecule has 0 unspecified atom stereocenters. The van der Waals surface area contributed by atoms with Gasteiger partial charge in [-0.2, -0.15) is 0 Å². The van der Waals surface area contributed by atoms with Crippen LogP contribution in [0.2, 0.25) is 0 Å². The molecule has 1 N–H and O–H groups in total. The van der Waals surface area contributed by atoms with E-state index in [0.717, 1.165) is 31.5 Å². The minimum atomic E-state index is 0.132. The average molecular weight is 298 g/mol. The third-order valence-corrected chi connectivity index (χ3v) is 5.16. The maximum absolute atomic E-state index is 6.43. The molecule has 21 heavy (non-hydrogen) atoms. The van der Waals surface area contributed by atoms with E-state index in [1.54, 1.807) is 0 Å². The molecule has 0 bridgehead atoms. The Kier molecular flexibility index (Phi) is 9.59. The summed E-state index contributed by atoms with van der Waals surface area (Å²) in [5.41, 5.74) is 0.132. The molecule has 1 rings (SSSR count). The highest BCUT2D eigenvalue weighted by Crippen LogP contribution is 2.38. The summed E-state index contributed by atoms with van der Waals surface area (Å²) >= 11 is 0. The zero-order valence-electron chi connectivity index (χ0n) is 15.0. The number of ether oxygens (including phenoxy) is 1. The summed E-state index contributed by atoms with van der Waals surface area (Å²) in [6.45, 7) is 12.4. The van der Waals surface area contributed by atoms with Crippen molar-refractivity contribution in [3.05, 3.63) is 0 Å². The minimum Gasteiger partial charge on any atom is -0.374 e. The summed E-state index contributed by atoms with van der Waals surface area (Å²) < 4.78 is 6.43. The van der Waals surface area contributed by atoms with Gasteiger partial charge in [-0.15, -0.1) is 0 Å². The van der Waals surface area contributed by atoms with E-state index in [4.69, 9.17) is 4.74 Å². The number of nitrogens with one attached hydrogen (secondary N) is 1. The Hall–Kier alpha value is -0.0800. The standard InChI is InChI=1S/C19H39NO/c1-5-7-8-9-15-21-19(16-20-14-6-2)12-10-18(11-13-19)17(3)4/h17-18,20H,5-16H2,1-4H3. The van der Waals surface area contributed by atoms with Gasteiger partial charge in [0.2, 0.25) is 0 Å². The third kappa shape index (κ3) is 7.15. The molecule has 0 aromatic heterocycles. The third-order valence-electron chi connectivity index (χ3n) is 5.16. The van der Waals surface area contributed by atoms with Gasteiger partial charge in [-0.05, 0) is 56.9 Å². The molecule has 0 aliphatic heterocycles. The quantitative estimate of drug-likeness (QED) is 0.531. The molecule has 0 aromatic carbocycles. The van der Waals surface area contributed by atoms with Crippen molar-refractivity contribution >= 4 is 0 Å². The summed E-state index contributed by atoms with van der Waals surface area (Å²) in [5, 5.41) is 3.62. The largest absolute Gasteiger partial charge is 0.374 e. The van der Waals surface area contributed by atoms with Crippen LogP contribution >= 0.6 is 0 Å². The summed E-state index contributed by atoms with van der Waals surface area (Å²) in [7, 11) is 0. The van der Waals surface area contributed by atoms with Crippen molar-refractivity contribution in [3.8, 4) is 0 Å². The molecule has 1 fully saturated rings. The number of rotatable bonds is 11. The lowest BCUT2D eigenvalue weighted by molar-refractivity contribution is -0.0804. The highest BCUT2D eigenvalue weighted by molar-refractivity contribution is 4.90. The molecule has 0 radical (unpaired) electrons. The molecule has 126 valence electrons. The van der Waals surface area contributed by atoms with Crippen molar-refractivity contribution in [3.63, 3.8) is 0 Å². The van der Waals surface area contributed by atoms with Gasteiger partial charge in [-0.1, -0.05) is 47.0 Å². The fourth-order valence-electron chi connectivity index (χ4n) is 3.52. The molecule has 0 aromatic rings. The molecular weight excluding hydrogens is 258 g/mol. The van der Waals surface area contributed by atoms with E-state index < -0.39 is 0 Å². The van der Waals surface area contributed by atoms with Crippen molar-refractivity contribution in [1.29, 1.82) is 0 Å². The van der Waals surface area contributed by atoms with E-state index in [1.165, 1.54) is 57.8 Å². The van der Waals surface area contributed by atoms with Crippen molar-refractivity contribution in [2.45, 2.75) is 91.1 Å². The molecule has 0 amide bonds. The van der Waals surface area contributed by atoms with E-state index in [2.05, 4.69) is 33.0 Å². The second-order valence-electron chi connectivity index (χ2n) is 7.35. The summed E-state index contributed by atoms with van der Waals surface area (Å²) in [6, 6.07) is 0. The zero-order valence-corrected chi connectivity index (χ0v) is 15.0. The number of hydrogen-bond donors (Lipinski definition) is 1. The Bertz CT molecular complexity index is 244. The van der Waals surface area contributed by atoms with Gasteiger partial charge in [0.1, 0.15) is 0 Å². The second-order valence-corrected chi connectivity index (χ2v) is 7.35. The normalized spacial score (nSPS) is 26.4. The van der Waals surface area contributed by atoms with Gasteiger partial charge in [0.25, 0.3) is 0 Å². The first kappa shape index (κ1) is 19.0. The summed E-state index contributed by atoms with van der Waals surface area (Å²) in [5.74, 6) is 1.74. The Labute approximate surface area is 133 Å². The van der Waals surface area contributed by atoms with Crippen LogP contribution in [0.25, 0.3) is 0 Å². The molecule has 1 saturated carbocycles.